The van der Waals surface area contributed by atoms with E-state index < -0.39 is 22.9 Å². The standard InChI is InChI=1S/C23H35NO5/c1-7-28-21(26)29-19(22(4)12-10-17(27-6)11-13-22)18(20(24)25)23(5)14-15(2)8-9-16(23)3/h8-9,14,16-17H,7,10-13H2,1-6H3,(H2,24,25). The number of rotatable bonds is 6. The molecule has 0 aliphatic heterocycles. The van der Waals surface area contributed by atoms with E-state index in [1.165, 1.54) is 0 Å². The van der Waals surface area contributed by atoms with E-state index in [9.17, 15) is 9.59 Å². The summed E-state index contributed by atoms with van der Waals surface area (Å²) >= 11 is 0. The smallest absolute Gasteiger partial charge is 0.434 e. The molecule has 1 fully saturated rings. The van der Waals surface area contributed by atoms with Crippen molar-refractivity contribution in [3.05, 3.63) is 35.1 Å². The zero-order valence-corrected chi connectivity index (χ0v) is 18.5. The molecule has 0 spiro atoms. The van der Waals surface area contributed by atoms with E-state index in [-0.39, 0.29) is 18.6 Å². The number of hydrogen-bond donors (Lipinski definition) is 1. The van der Waals surface area contributed by atoms with Crippen LogP contribution in [-0.4, -0.2) is 31.9 Å². The molecule has 2 rings (SSSR count). The molecule has 6 heteroatoms. The Morgan fingerprint density at radius 1 is 1.24 bits per heavy atom. The van der Waals surface area contributed by atoms with Gasteiger partial charge in [0.15, 0.2) is 0 Å². The molecule has 1 amide bonds. The van der Waals surface area contributed by atoms with Gasteiger partial charge >= 0.3 is 6.16 Å². The van der Waals surface area contributed by atoms with Gasteiger partial charge in [-0.2, -0.15) is 0 Å². The summed E-state index contributed by atoms with van der Waals surface area (Å²) in [4.78, 5) is 25.1. The highest BCUT2D eigenvalue weighted by Gasteiger charge is 2.46. The first-order chi connectivity index (χ1) is 13.6. The van der Waals surface area contributed by atoms with E-state index in [4.69, 9.17) is 19.9 Å². The van der Waals surface area contributed by atoms with Gasteiger partial charge in [-0.15, -0.1) is 0 Å². The molecule has 0 saturated heterocycles. The number of hydrogen-bond acceptors (Lipinski definition) is 5. The van der Waals surface area contributed by atoms with Crippen LogP contribution >= 0.6 is 0 Å². The second-order valence-corrected chi connectivity index (χ2v) is 8.67. The van der Waals surface area contributed by atoms with Crippen molar-refractivity contribution in [1.29, 1.82) is 0 Å². The van der Waals surface area contributed by atoms with Crippen LogP contribution < -0.4 is 5.73 Å². The first kappa shape index (κ1) is 23.2. The summed E-state index contributed by atoms with van der Waals surface area (Å²) in [5.41, 5.74) is 6.10. The highest BCUT2D eigenvalue weighted by Crippen LogP contribution is 2.50. The molecule has 0 aromatic rings. The van der Waals surface area contributed by atoms with E-state index in [2.05, 4.69) is 6.08 Å². The Kier molecular flexibility index (Phi) is 7.33. The Bertz CT molecular complexity index is 728. The lowest BCUT2D eigenvalue weighted by Gasteiger charge is -2.42. The highest BCUT2D eigenvalue weighted by molar-refractivity contribution is 5.95. The average molecular weight is 406 g/mol. The summed E-state index contributed by atoms with van der Waals surface area (Å²) in [7, 11) is 1.71. The third kappa shape index (κ3) is 4.92. The molecule has 2 atom stereocenters. The van der Waals surface area contributed by atoms with Crippen molar-refractivity contribution >= 4 is 12.1 Å². The van der Waals surface area contributed by atoms with E-state index in [0.29, 0.717) is 11.3 Å². The molecule has 0 radical (unpaired) electrons. The lowest BCUT2D eigenvalue weighted by Crippen LogP contribution is -2.40. The second-order valence-electron chi connectivity index (χ2n) is 8.67. The summed E-state index contributed by atoms with van der Waals surface area (Å²) in [6.07, 6.45) is 8.56. The Labute approximate surface area is 174 Å². The lowest BCUT2D eigenvalue weighted by molar-refractivity contribution is -0.116. The maximum atomic E-state index is 12.8. The van der Waals surface area contributed by atoms with Crippen LogP contribution in [0.15, 0.2) is 35.1 Å². The number of methoxy groups -OCH3 is 1. The molecule has 0 aromatic heterocycles. The molecular formula is C23H35NO5. The van der Waals surface area contributed by atoms with Crippen molar-refractivity contribution in [2.24, 2.45) is 22.5 Å². The predicted molar refractivity (Wildman–Crippen MR) is 112 cm³/mol. The van der Waals surface area contributed by atoms with Crippen LogP contribution in [-0.2, 0) is 19.0 Å². The van der Waals surface area contributed by atoms with Gasteiger partial charge in [0.25, 0.3) is 0 Å². The number of carbonyl (C=O) groups is 2. The molecule has 0 aromatic carbocycles. The second kappa shape index (κ2) is 9.16. The molecule has 2 aliphatic rings. The van der Waals surface area contributed by atoms with Gasteiger partial charge in [0.2, 0.25) is 5.91 Å². The molecular weight excluding hydrogens is 370 g/mol. The maximum Gasteiger partial charge on any atom is 0.513 e. The van der Waals surface area contributed by atoms with E-state index in [1.54, 1.807) is 14.0 Å². The van der Waals surface area contributed by atoms with Crippen LogP contribution in [0.3, 0.4) is 0 Å². The normalized spacial score (nSPS) is 32.8. The first-order valence-electron chi connectivity index (χ1n) is 10.4. The zero-order valence-electron chi connectivity index (χ0n) is 18.5. The lowest BCUT2D eigenvalue weighted by atomic mass is 9.64. The van der Waals surface area contributed by atoms with Gasteiger partial charge in [0.1, 0.15) is 5.76 Å². The van der Waals surface area contributed by atoms with Gasteiger partial charge in [0, 0.05) is 17.9 Å². The summed E-state index contributed by atoms with van der Waals surface area (Å²) in [5, 5.41) is 0. The maximum absolute atomic E-state index is 12.8. The molecule has 2 aliphatic carbocycles. The van der Waals surface area contributed by atoms with Gasteiger partial charge in [-0.1, -0.05) is 44.6 Å². The molecule has 1 saturated carbocycles. The molecule has 2 N–H and O–H groups in total. The Morgan fingerprint density at radius 3 is 2.38 bits per heavy atom. The average Bonchev–Trinajstić information content (AvgIpc) is 2.65. The fourth-order valence-corrected chi connectivity index (χ4v) is 4.47. The quantitative estimate of drug-likeness (QED) is 0.395. The number of nitrogens with two attached hydrogens (primary N) is 1. The highest BCUT2D eigenvalue weighted by atomic mass is 16.7. The van der Waals surface area contributed by atoms with Crippen LogP contribution in [0.2, 0.25) is 0 Å². The van der Waals surface area contributed by atoms with E-state index >= 15 is 0 Å². The van der Waals surface area contributed by atoms with E-state index in [0.717, 1.165) is 31.3 Å². The fraction of sp³-hybridized carbons (Fsp3) is 0.652. The minimum absolute atomic E-state index is 0.00779. The summed E-state index contributed by atoms with van der Waals surface area (Å²) in [6.45, 7) is 9.93. The van der Waals surface area contributed by atoms with Gasteiger partial charge in [0.05, 0.1) is 18.3 Å². The van der Waals surface area contributed by atoms with Crippen molar-refractivity contribution in [1.82, 2.24) is 0 Å². The minimum atomic E-state index is -0.806. The van der Waals surface area contributed by atoms with Crippen molar-refractivity contribution in [2.45, 2.75) is 66.4 Å². The minimum Gasteiger partial charge on any atom is -0.434 e. The van der Waals surface area contributed by atoms with Gasteiger partial charge in [-0.05, 0) is 45.4 Å². The number of amides is 1. The van der Waals surface area contributed by atoms with Crippen molar-refractivity contribution < 1.29 is 23.8 Å². The number of ether oxygens (including phenoxy) is 3. The van der Waals surface area contributed by atoms with Crippen LogP contribution in [0.4, 0.5) is 4.79 Å². The zero-order chi connectivity index (χ0) is 21.8. The SMILES string of the molecule is CCOC(=O)OC(=C(C(N)=O)C1(C)C=C(C)C=CC1C)C1(C)CCC(OC)CC1. The van der Waals surface area contributed by atoms with E-state index in [1.807, 2.05) is 39.8 Å². The first-order valence-corrected chi connectivity index (χ1v) is 10.4. The fourth-order valence-electron chi connectivity index (χ4n) is 4.47. The van der Waals surface area contributed by atoms with Crippen LogP contribution in [0, 0.1) is 16.7 Å². The monoisotopic (exact) mass is 405 g/mol. The third-order valence-electron chi connectivity index (χ3n) is 6.50. The molecule has 162 valence electrons. The summed E-state index contributed by atoms with van der Waals surface area (Å²) in [5.74, 6) is -0.229. The van der Waals surface area contributed by atoms with Gasteiger partial charge in [-0.3, -0.25) is 4.79 Å². The summed E-state index contributed by atoms with van der Waals surface area (Å²) in [6, 6.07) is 0. The molecule has 2 unspecified atom stereocenters. The largest absolute Gasteiger partial charge is 0.513 e. The number of allylic oxidation sites excluding steroid dienone is 5. The van der Waals surface area contributed by atoms with Crippen molar-refractivity contribution in [2.75, 3.05) is 13.7 Å². The Balaban J connectivity index is 2.64. The van der Waals surface area contributed by atoms with Gasteiger partial charge < -0.3 is 19.9 Å². The number of primary amides is 1. The van der Waals surface area contributed by atoms with Crippen LogP contribution in [0.5, 0.6) is 0 Å². The van der Waals surface area contributed by atoms with Crippen molar-refractivity contribution in [3.63, 3.8) is 0 Å². The van der Waals surface area contributed by atoms with Gasteiger partial charge in [-0.25, -0.2) is 4.79 Å². The third-order valence-corrected chi connectivity index (χ3v) is 6.50. The molecule has 0 bridgehead atoms. The topological polar surface area (TPSA) is 87.9 Å². The summed E-state index contributed by atoms with van der Waals surface area (Å²) < 4.78 is 16.3. The Hall–Kier alpha value is -2.08. The van der Waals surface area contributed by atoms with Crippen LogP contribution in [0.25, 0.3) is 0 Å². The number of carbonyl (C=O) groups excluding carboxylic acids is 2. The Morgan fingerprint density at radius 2 is 1.86 bits per heavy atom. The predicted octanol–water partition coefficient (Wildman–Crippen LogP) is 4.65. The van der Waals surface area contributed by atoms with Crippen molar-refractivity contribution in [3.8, 4) is 0 Å². The molecule has 0 heterocycles. The molecule has 29 heavy (non-hydrogen) atoms. The molecule has 6 nitrogen and oxygen atoms in total. The van der Waals surface area contributed by atoms with Crippen LogP contribution in [0.1, 0.15) is 60.3 Å².